The molecule has 1 aromatic rings. The predicted octanol–water partition coefficient (Wildman–Crippen LogP) is 2.88. The Labute approximate surface area is 66.1 Å². The van der Waals surface area contributed by atoms with E-state index in [4.69, 9.17) is 0 Å². The van der Waals surface area contributed by atoms with Crippen LogP contribution in [0, 0.1) is 5.82 Å². The van der Waals surface area contributed by atoms with Crippen molar-refractivity contribution in [2.45, 2.75) is 25.2 Å². The highest BCUT2D eigenvalue weighted by Crippen LogP contribution is 2.48. The summed E-state index contributed by atoms with van der Waals surface area (Å²) >= 11 is 0. The van der Waals surface area contributed by atoms with Gasteiger partial charge in [-0.1, -0.05) is 25.1 Å². The van der Waals surface area contributed by atoms with Crippen LogP contribution in [-0.4, -0.2) is 0 Å². The number of hydrogen-bond acceptors (Lipinski definition) is 0. The van der Waals surface area contributed by atoms with Gasteiger partial charge in [0, 0.05) is 0 Å². The second-order valence-electron chi connectivity index (χ2n) is 3.54. The molecule has 0 spiro atoms. The third-order valence-electron chi connectivity index (χ3n) is 2.52. The fourth-order valence-electron chi connectivity index (χ4n) is 1.41. The van der Waals surface area contributed by atoms with Gasteiger partial charge in [0.1, 0.15) is 5.82 Å². The van der Waals surface area contributed by atoms with Crippen LogP contribution in [0.4, 0.5) is 4.39 Å². The molecule has 0 radical (unpaired) electrons. The Bertz CT molecular complexity index is 274. The van der Waals surface area contributed by atoms with Gasteiger partial charge in [0.05, 0.1) is 0 Å². The van der Waals surface area contributed by atoms with Crippen molar-refractivity contribution in [1.29, 1.82) is 0 Å². The molecule has 1 aliphatic carbocycles. The molecule has 1 aromatic carbocycles. The number of halogens is 1. The lowest BCUT2D eigenvalue weighted by molar-refractivity contribution is 0.586. The van der Waals surface area contributed by atoms with Gasteiger partial charge in [-0.25, -0.2) is 4.39 Å². The Morgan fingerprint density at radius 2 is 1.91 bits per heavy atom. The van der Waals surface area contributed by atoms with Crippen LogP contribution in [0.25, 0.3) is 0 Å². The Kier molecular flexibility index (Phi) is 1.28. The molecule has 0 N–H and O–H groups in total. The van der Waals surface area contributed by atoms with Crippen LogP contribution in [0.5, 0.6) is 0 Å². The fraction of sp³-hybridized carbons (Fsp3) is 0.400. The molecular formula is C10H11F. The van der Waals surface area contributed by atoms with E-state index in [9.17, 15) is 4.39 Å². The monoisotopic (exact) mass is 150 g/mol. The van der Waals surface area contributed by atoms with E-state index in [0.29, 0.717) is 0 Å². The molecule has 1 fully saturated rings. The molecule has 0 aliphatic heterocycles. The lowest BCUT2D eigenvalue weighted by atomic mass is 9.98. The topological polar surface area (TPSA) is 0 Å². The average Bonchev–Trinajstić information content (AvgIpc) is 2.70. The molecular weight excluding hydrogens is 139 g/mol. The first-order valence-corrected chi connectivity index (χ1v) is 3.97. The summed E-state index contributed by atoms with van der Waals surface area (Å²) in [5.74, 6) is -0.0486. The minimum atomic E-state index is -0.0486. The van der Waals surface area contributed by atoms with E-state index < -0.39 is 0 Å². The molecule has 11 heavy (non-hydrogen) atoms. The molecule has 58 valence electrons. The average molecular weight is 150 g/mol. The summed E-state index contributed by atoms with van der Waals surface area (Å²) in [7, 11) is 0. The van der Waals surface area contributed by atoms with Gasteiger partial charge in [0.2, 0.25) is 0 Å². The molecule has 0 atom stereocenters. The van der Waals surface area contributed by atoms with Gasteiger partial charge in [-0.05, 0) is 29.9 Å². The Balaban J connectivity index is 2.45. The minimum Gasteiger partial charge on any atom is -0.207 e. The van der Waals surface area contributed by atoms with Gasteiger partial charge < -0.3 is 0 Å². The molecule has 0 amide bonds. The van der Waals surface area contributed by atoms with Crippen LogP contribution >= 0.6 is 0 Å². The lowest BCUT2D eigenvalue weighted by Crippen LogP contribution is -2.02. The molecule has 0 unspecified atom stereocenters. The zero-order valence-corrected chi connectivity index (χ0v) is 6.60. The van der Waals surface area contributed by atoms with E-state index in [1.807, 2.05) is 12.1 Å². The molecule has 0 aromatic heterocycles. The quantitative estimate of drug-likeness (QED) is 0.577. The van der Waals surface area contributed by atoms with E-state index in [2.05, 4.69) is 6.92 Å². The van der Waals surface area contributed by atoms with Crippen molar-refractivity contribution in [2.75, 3.05) is 0 Å². The first-order chi connectivity index (χ1) is 5.22. The molecule has 0 saturated heterocycles. The molecule has 0 heterocycles. The SMILES string of the molecule is CC1(c2ccccc2F)CC1. The van der Waals surface area contributed by atoms with Crippen LogP contribution in [0.15, 0.2) is 24.3 Å². The highest BCUT2D eigenvalue weighted by atomic mass is 19.1. The van der Waals surface area contributed by atoms with Crippen molar-refractivity contribution < 1.29 is 4.39 Å². The van der Waals surface area contributed by atoms with E-state index in [-0.39, 0.29) is 11.2 Å². The van der Waals surface area contributed by atoms with Gasteiger partial charge in [-0.3, -0.25) is 0 Å². The summed E-state index contributed by atoms with van der Waals surface area (Å²) in [6, 6.07) is 7.08. The standard InChI is InChI=1S/C10H11F/c1-10(6-7-10)8-4-2-3-5-9(8)11/h2-5H,6-7H2,1H3. The van der Waals surface area contributed by atoms with Gasteiger partial charge in [-0.2, -0.15) is 0 Å². The maximum Gasteiger partial charge on any atom is 0.126 e. The van der Waals surface area contributed by atoms with Crippen molar-refractivity contribution >= 4 is 0 Å². The van der Waals surface area contributed by atoms with E-state index in [1.54, 1.807) is 12.1 Å². The fourth-order valence-corrected chi connectivity index (χ4v) is 1.41. The number of hydrogen-bond donors (Lipinski definition) is 0. The molecule has 1 aliphatic rings. The molecule has 1 saturated carbocycles. The molecule has 0 bridgehead atoms. The van der Waals surface area contributed by atoms with E-state index in [0.717, 1.165) is 18.4 Å². The molecule has 2 rings (SSSR count). The molecule has 0 nitrogen and oxygen atoms in total. The van der Waals surface area contributed by atoms with E-state index in [1.165, 1.54) is 0 Å². The Hall–Kier alpha value is -0.850. The normalized spacial score (nSPS) is 19.8. The van der Waals surface area contributed by atoms with Crippen LogP contribution < -0.4 is 0 Å². The predicted molar refractivity (Wildman–Crippen MR) is 43.0 cm³/mol. The third-order valence-corrected chi connectivity index (χ3v) is 2.52. The Morgan fingerprint density at radius 1 is 1.27 bits per heavy atom. The van der Waals surface area contributed by atoms with Gasteiger partial charge in [-0.15, -0.1) is 0 Å². The van der Waals surface area contributed by atoms with Gasteiger partial charge >= 0.3 is 0 Å². The van der Waals surface area contributed by atoms with Crippen molar-refractivity contribution in [3.8, 4) is 0 Å². The minimum absolute atomic E-state index is 0.0486. The van der Waals surface area contributed by atoms with Crippen molar-refractivity contribution in [2.24, 2.45) is 0 Å². The van der Waals surface area contributed by atoms with Crippen LogP contribution in [0.2, 0.25) is 0 Å². The maximum absolute atomic E-state index is 13.1. The summed E-state index contributed by atoms with van der Waals surface area (Å²) in [6.45, 7) is 2.12. The zero-order chi connectivity index (χ0) is 7.90. The first-order valence-electron chi connectivity index (χ1n) is 3.97. The van der Waals surface area contributed by atoms with Crippen LogP contribution in [0.3, 0.4) is 0 Å². The third kappa shape index (κ3) is 1.05. The summed E-state index contributed by atoms with van der Waals surface area (Å²) in [5.41, 5.74) is 1.05. The Morgan fingerprint density at radius 3 is 2.45 bits per heavy atom. The second kappa shape index (κ2) is 2.07. The molecule has 1 heteroatoms. The summed E-state index contributed by atoms with van der Waals surface area (Å²) < 4.78 is 13.1. The van der Waals surface area contributed by atoms with Crippen LogP contribution in [-0.2, 0) is 5.41 Å². The number of rotatable bonds is 1. The smallest absolute Gasteiger partial charge is 0.126 e. The van der Waals surface area contributed by atoms with Crippen molar-refractivity contribution in [1.82, 2.24) is 0 Å². The zero-order valence-electron chi connectivity index (χ0n) is 6.60. The summed E-state index contributed by atoms with van der Waals surface area (Å²) in [6.07, 6.45) is 2.27. The lowest BCUT2D eigenvalue weighted by Gasteiger charge is -2.08. The first kappa shape index (κ1) is 6.84. The largest absolute Gasteiger partial charge is 0.207 e. The highest BCUT2D eigenvalue weighted by molar-refractivity contribution is 5.30. The number of benzene rings is 1. The van der Waals surface area contributed by atoms with Gasteiger partial charge in [0.15, 0.2) is 0 Å². The van der Waals surface area contributed by atoms with E-state index >= 15 is 0 Å². The van der Waals surface area contributed by atoms with Crippen LogP contribution in [0.1, 0.15) is 25.3 Å². The second-order valence-corrected chi connectivity index (χ2v) is 3.54. The van der Waals surface area contributed by atoms with Crippen molar-refractivity contribution in [3.05, 3.63) is 35.6 Å². The van der Waals surface area contributed by atoms with Crippen molar-refractivity contribution in [3.63, 3.8) is 0 Å². The summed E-state index contributed by atoms with van der Waals surface area (Å²) in [5, 5.41) is 0. The van der Waals surface area contributed by atoms with Gasteiger partial charge in [0.25, 0.3) is 0 Å². The highest BCUT2D eigenvalue weighted by Gasteiger charge is 2.40. The maximum atomic E-state index is 13.1. The summed E-state index contributed by atoms with van der Waals surface area (Å²) in [4.78, 5) is 0.